The molecule has 0 aliphatic heterocycles. The first-order valence-corrected chi connectivity index (χ1v) is 5.85. The van der Waals surface area contributed by atoms with E-state index in [4.69, 9.17) is 6.42 Å². The summed E-state index contributed by atoms with van der Waals surface area (Å²) in [6, 6.07) is 10.3. The van der Waals surface area contributed by atoms with E-state index in [-0.39, 0.29) is 0 Å². The molecule has 0 atom stereocenters. The summed E-state index contributed by atoms with van der Waals surface area (Å²) in [5, 5.41) is 4.59. The molecule has 2 aromatic rings. The van der Waals surface area contributed by atoms with E-state index in [9.17, 15) is 0 Å². The quantitative estimate of drug-likeness (QED) is 0.636. The summed E-state index contributed by atoms with van der Waals surface area (Å²) in [6.45, 7) is 2.91. The molecule has 17 heavy (non-hydrogen) atoms. The number of nitrogens with zero attached hydrogens (tertiary/aromatic N) is 1. The molecule has 1 heterocycles. The second-order valence-electron chi connectivity index (χ2n) is 4.06. The Balaban J connectivity index is 2.23. The fraction of sp³-hybridized carbons (Fsp3) is 0.267. The van der Waals surface area contributed by atoms with Gasteiger partial charge in [0.15, 0.2) is 0 Å². The van der Waals surface area contributed by atoms with Crippen LogP contribution in [0.25, 0.3) is 10.9 Å². The summed E-state index contributed by atoms with van der Waals surface area (Å²) in [5.41, 5.74) is 3.21. The van der Waals surface area contributed by atoms with E-state index in [1.807, 2.05) is 25.1 Å². The summed E-state index contributed by atoms with van der Waals surface area (Å²) < 4.78 is 0. The molecule has 0 saturated heterocycles. The molecule has 1 aromatic heterocycles. The molecule has 0 bridgehead atoms. The fourth-order valence-electron chi connectivity index (χ4n) is 1.87. The van der Waals surface area contributed by atoms with Crippen molar-refractivity contribution < 1.29 is 0 Å². The van der Waals surface area contributed by atoms with Crippen molar-refractivity contribution in [2.45, 2.75) is 19.8 Å². The molecule has 0 unspecified atom stereocenters. The van der Waals surface area contributed by atoms with Gasteiger partial charge in [0.05, 0.1) is 5.52 Å². The molecule has 0 saturated carbocycles. The van der Waals surface area contributed by atoms with Crippen molar-refractivity contribution >= 4 is 16.6 Å². The molecule has 0 fully saturated rings. The highest BCUT2D eigenvalue weighted by atomic mass is 14.9. The number of para-hydroxylation sites is 1. The number of hydrogen-bond acceptors (Lipinski definition) is 2. The lowest BCUT2D eigenvalue weighted by atomic mass is 10.1. The number of fused-ring (bicyclic) bond motifs is 1. The van der Waals surface area contributed by atoms with E-state index in [1.54, 1.807) is 0 Å². The monoisotopic (exact) mass is 224 g/mol. The van der Waals surface area contributed by atoms with Crippen LogP contribution < -0.4 is 5.32 Å². The number of aromatic nitrogens is 1. The van der Waals surface area contributed by atoms with E-state index >= 15 is 0 Å². The van der Waals surface area contributed by atoms with Crippen LogP contribution in [0, 0.1) is 19.3 Å². The van der Waals surface area contributed by atoms with Crippen LogP contribution in [0.15, 0.2) is 30.3 Å². The van der Waals surface area contributed by atoms with Gasteiger partial charge in [-0.3, -0.25) is 4.98 Å². The summed E-state index contributed by atoms with van der Waals surface area (Å²) in [7, 11) is 0. The van der Waals surface area contributed by atoms with E-state index in [0.29, 0.717) is 0 Å². The van der Waals surface area contributed by atoms with Crippen LogP contribution >= 0.6 is 0 Å². The van der Waals surface area contributed by atoms with Crippen molar-refractivity contribution in [2.24, 2.45) is 0 Å². The van der Waals surface area contributed by atoms with E-state index < -0.39 is 0 Å². The normalized spacial score (nSPS) is 10.1. The Kier molecular flexibility index (Phi) is 3.62. The Labute approximate surface area is 102 Å². The summed E-state index contributed by atoms with van der Waals surface area (Å²) >= 11 is 0. The molecule has 0 aliphatic rings. The smallest absolute Gasteiger partial charge is 0.0725 e. The van der Waals surface area contributed by atoms with Crippen molar-refractivity contribution in [3.8, 4) is 12.3 Å². The average Bonchev–Trinajstić information content (AvgIpc) is 2.34. The Bertz CT molecular complexity index is 552. The Morgan fingerprint density at radius 2 is 2.18 bits per heavy atom. The zero-order valence-electron chi connectivity index (χ0n) is 10.0. The maximum absolute atomic E-state index is 5.23. The zero-order valence-corrected chi connectivity index (χ0v) is 10.0. The highest BCUT2D eigenvalue weighted by Gasteiger charge is 2.02. The van der Waals surface area contributed by atoms with Gasteiger partial charge in [-0.25, -0.2) is 0 Å². The van der Waals surface area contributed by atoms with Gasteiger partial charge in [-0.05, 0) is 25.5 Å². The van der Waals surface area contributed by atoms with Crippen LogP contribution in [0.5, 0.6) is 0 Å². The third kappa shape index (κ3) is 2.76. The number of nitrogens with one attached hydrogen (secondary N) is 1. The molecule has 2 heteroatoms. The largest absolute Gasteiger partial charge is 0.384 e. The lowest BCUT2D eigenvalue weighted by molar-refractivity contribution is 0.908. The lowest BCUT2D eigenvalue weighted by Gasteiger charge is -2.09. The number of unbranched alkanes of at least 4 members (excludes halogenated alkanes) is 1. The van der Waals surface area contributed by atoms with Gasteiger partial charge in [0.1, 0.15) is 0 Å². The first-order valence-electron chi connectivity index (χ1n) is 5.85. The molecular weight excluding hydrogens is 208 g/mol. The number of terminal acetylenes is 1. The number of anilines is 1. The number of rotatable bonds is 4. The third-order valence-electron chi connectivity index (χ3n) is 2.66. The zero-order chi connectivity index (χ0) is 12.1. The van der Waals surface area contributed by atoms with Gasteiger partial charge >= 0.3 is 0 Å². The number of aryl methyl sites for hydroxylation is 1. The Hall–Kier alpha value is -2.01. The van der Waals surface area contributed by atoms with Gasteiger partial charge in [0.2, 0.25) is 0 Å². The molecule has 0 spiro atoms. The molecule has 0 radical (unpaired) electrons. The van der Waals surface area contributed by atoms with Gasteiger partial charge in [-0.15, -0.1) is 12.3 Å². The summed E-state index contributed by atoms with van der Waals surface area (Å²) in [6.07, 6.45) is 7.04. The highest BCUT2D eigenvalue weighted by molar-refractivity contribution is 5.91. The minimum Gasteiger partial charge on any atom is -0.384 e. The molecule has 0 aliphatic carbocycles. The summed E-state index contributed by atoms with van der Waals surface area (Å²) in [4.78, 5) is 4.51. The van der Waals surface area contributed by atoms with Gasteiger partial charge in [0, 0.05) is 29.7 Å². The van der Waals surface area contributed by atoms with Crippen LogP contribution in [0.3, 0.4) is 0 Å². The topological polar surface area (TPSA) is 24.9 Å². The SMILES string of the molecule is C#CCCCNc1cc(C)nc2ccccc12. The van der Waals surface area contributed by atoms with Gasteiger partial charge in [-0.1, -0.05) is 18.2 Å². The molecule has 86 valence electrons. The van der Waals surface area contributed by atoms with Crippen molar-refractivity contribution in [1.29, 1.82) is 0 Å². The molecule has 1 N–H and O–H groups in total. The van der Waals surface area contributed by atoms with Crippen LogP contribution in [0.2, 0.25) is 0 Å². The van der Waals surface area contributed by atoms with Gasteiger partial charge < -0.3 is 5.32 Å². The van der Waals surface area contributed by atoms with Crippen molar-refractivity contribution in [3.63, 3.8) is 0 Å². The lowest BCUT2D eigenvalue weighted by Crippen LogP contribution is -2.02. The van der Waals surface area contributed by atoms with E-state index in [2.05, 4.69) is 28.4 Å². The van der Waals surface area contributed by atoms with Crippen molar-refractivity contribution in [2.75, 3.05) is 11.9 Å². The molecular formula is C15H16N2. The number of pyridine rings is 1. The maximum Gasteiger partial charge on any atom is 0.0725 e. The first kappa shape index (κ1) is 11.5. The van der Waals surface area contributed by atoms with Gasteiger partial charge in [0.25, 0.3) is 0 Å². The first-order chi connectivity index (χ1) is 8.31. The predicted molar refractivity (Wildman–Crippen MR) is 73.0 cm³/mol. The Morgan fingerprint density at radius 3 is 3.00 bits per heavy atom. The summed E-state index contributed by atoms with van der Waals surface area (Å²) in [5.74, 6) is 2.65. The van der Waals surface area contributed by atoms with Crippen LogP contribution in [0.4, 0.5) is 5.69 Å². The molecule has 2 nitrogen and oxygen atoms in total. The highest BCUT2D eigenvalue weighted by Crippen LogP contribution is 2.22. The Morgan fingerprint density at radius 1 is 1.35 bits per heavy atom. The van der Waals surface area contributed by atoms with Crippen LogP contribution in [0.1, 0.15) is 18.5 Å². The molecule has 0 amide bonds. The van der Waals surface area contributed by atoms with E-state index in [0.717, 1.165) is 36.3 Å². The van der Waals surface area contributed by atoms with E-state index in [1.165, 1.54) is 5.39 Å². The maximum atomic E-state index is 5.23. The predicted octanol–water partition coefficient (Wildman–Crippen LogP) is 3.37. The minimum atomic E-state index is 0.814. The van der Waals surface area contributed by atoms with Crippen molar-refractivity contribution in [3.05, 3.63) is 36.0 Å². The third-order valence-corrected chi connectivity index (χ3v) is 2.66. The molecule has 1 aromatic carbocycles. The second-order valence-corrected chi connectivity index (χ2v) is 4.06. The van der Waals surface area contributed by atoms with Gasteiger partial charge in [-0.2, -0.15) is 0 Å². The average molecular weight is 224 g/mol. The number of benzene rings is 1. The fourth-order valence-corrected chi connectivity index (χ4v) is 1.87. The number of hydrogen-bond donors (Lipinski definition) is 1. The minimum absolute atomic E-state index is 0.814. The van der Waals surface area contributed by atoms with Crippen LogP contribution in [-0.2, 0) is 0 Å². The standard InChI is InChI=1S/C15H16N2/c1-3-4-7-10-16-15-11-12(2)17-14-9-6-5-8-13(14)15/h1,5-6,8-9,11H,4,7,10H2,2H3,(H,16,17). The molecule has 2 rings (SSSR count). The van der Waals surface area contributed by atoms with Crippen LogP contribution in [-0.4, -0.2) is 11.5 Å². The second kappa shape index (κ2) is 5.36. The van der Waals surface area contributed by atoms with Crippen molar-refractivity contribution in [1.82, 2.24) is 4.98 Å².